The molecule has 2 aromatic heterocycles. The van der Waals surface area contributed by atoms with Gasteiger partial charge in [0.1, 0.15) is 11.6 Å². The van der Waals surface area contributed by atoms with E-state index in [1.54, 1.807) is 11.3 Å². The fraction of sp³-hybridized carbons (Fsp3) is 0.250. The molecule has 0 amide bonds. The summed E-state index contributed by atoms with van der Waals surface area (Å²) in [4.78, 5) is 17.8. The SMILES string of the molecule is CC(c1cccs1)N(C)c1cc([N+](=O)[O-])cc(NN)n1. The minimum atomic E-state index is -0.463. The van der Waals surface area contributed by atoms with E-state index in [0.29, 0.717) is 5.82 Å². The average molecular weight is 293 g/mol. The van der Waals surface area contributed by atoms with Crippen molar-refractivity contribution in [3.8, 4) is 0 Å². The second-order valence-corrected chi connectivity index (χ2v) is 5.25. The number of anilines is 2. The first-order valence-electron chi connectivity index (χ1n) is 5.92. The van der Waals surface area contributed by atoms with Crippen molar-refractivity contribution in [3.05, 3.63) is 44.6 Å². The lowest BCUT2D eigenvalue weighted by atomic mass is 10.2. The highest BCUT2D eigenvalue weighted by molar-refractivity contribution is 7.10. The smallest absolute Gasteiger partial charge is 0.276 e. The second kappa shape index (κ2) is 5.85. The maximum atomic E-state index is 10.9. The number of hydrogen-bond donors (Lipinski definition) is 2. The van der Waals surface area contributed by atoms with Crippen LogP contribution in [0.2, 0.25) is 0 Å². The zero-order valence-electron chi connectivity index (χ0n) is 11.1. The van der Waals surface area contributed by atoms with E-state index in [0.717, 1.165) is 4.88 Å². The number of aromatic nitrogens is 1. The van der Waals surface area contributed by atoms with Crippen LogP contribution in [0, 0.1) is 10.1 Å². The molecule has 1 unspecified atom stereocenters. The molecule has 3 N–H and O–H groups in total. The molecule has 0 spiro atoms. The molecule has 0 fully saturated rings. The normalized spacial score (nSPS) is 11.9. The summed E-state index contributed by atoms with van der Waals surface area (Å²) < 4.78 is 0. The van der Waals surface area contributed by atoms with Gasteiger partial charge in [0, 0.05) is 11.9 Å². The van der Waals surface area contributed by atoms with Crippen molar-refractivity contribution in [2.75, 3.05) is 17.4 Å². The third-order valence-corrected chi connectivity index (χ3v) is 4.10. The van der Waals surface area contributed by atoms with E-state index in [1.807, 2.05) is 36.4 Å². The van der Waals surface area contributed by atoms with Crippen LogP contribution in [0.15, 0.2) is 29.6 Å². The number of hydrogen-bond acceptors (Lipinski definition) is 7. The van der Waals surface area contributed by atoms with Crippen molar-refractivity contribution in [2.45, 2.75) is 13.0 Å². The zero-order chi connectivity index (χ0) is 14.7. The predicted octanol–water partition coefficient (Wildman–Crippen LogP) is 2.53. The summed E-state index contributed by atoms with van der Waals surface area (Å²) in [6.45, 7) is 2.02. The molecule has 0 saturated carbocycles. The topological polar surface area (TPSA) is 97.3 Å². The Labute approximate surface area is 120 Å². The lowest BCUT2D eigenvalue weighted by molar-refractivity contribution is -0.384. The second-order valence-electron chi connectivity index (χ2n) is 4.27. The van der Waals surface area contributed by atoms with Crippen LogP contribution in [-0.2, 0) is 0 Å². The fourth-order valence-corrected chi connectivity index (χ4v) is 2.61. The monoisotopic (exact) mass is 293 g/mol. The highest BCUT2D eigenvalue weighted by atomic mass is 32.1. The molecular weight excluding hydrogens is 278 g/mol. The van der Waals surface area contributed by atoms with Crippen LogP contribution in [0.3, 0.4) is 0 Å². The van der Waals surface area contributed by atoms with Gasteiger partial charge in [0.05, 0.1) is 23.1 Å². The number of thiophene rings is 1. The first-order valence-corrected chi connectivity index (χ1v) is 6.80. The number of rotatable bonds is 5. The Morgan fingerprint density at radius 1 is 1.55 bits per heavy atom. The Hall–Kier alpha value is -2.19. The molecule has 2 rings (SSSR count). The van der Waals surface area contributed by atoms with Gasteiger partial charge in [0.25, 0.3) is 5.69 Å². The van der Waals surface area contributed by atoms with E-state index in [-0.39, 0.29) is 17.5 Å². The summed E-state index contributed by atoms with van der Waals surface area (Å²) in [5.41, 5.74) is 2.30. The molecule has 0 aliphatic rings. The van der Waals surface area contributed by atoms with Crippen molar-refractivity contribution in [3.63, 3.8) is 0 Å². The number of hydrazine groups is 1. The molecule has 1 atom stereocenters. The summed E-state index contributed by atoms with van der Waals surface area (Å²) in [6, 6.07) is 6.79. The summed E-state index contributed by atoms with van der Waals surface area (Å²) in [6.07, 6.45) is 0. The Morgan fingerprint density at radius 2 is 2.30 bits per heavy atom. The minimum Gasteiger partial charge on any atom is -0.352 e. The van der Waals surface area contributed by atoms with Gasteiger partial charge < -0.3 is 10.3 Å². The van der Waals surface area contributed by atoms with Gasteiger partial charge in [-0.2, -0.15) is 0 Å². The number of nitrogens with two attached hydrogens (primary N) is 1. The fourth-order valence-electron chi connectivity index (χ4n) is 1.78. The Bertz CT molecular complexity index is 602. The first kappa shape index (κ1) is 14.2. The molecule has 0 saturated heterocycles. The maximum Gasteiger partial charge on any atom is 0.276 e. The van der Waals surface area contributed by atoms with Crippen LogP contribution >= 0.6 is 11.3 Å². The van der Waals surface area contributed by atoms with Crippen LogP contribution in [0.1, 0.15) is 17.8 Å². The van der Waals surface area contributed by atoms with Crippen molar-refractivity contribution in [2.24, 2.45) is 5.84 Å². The van der Waals surface area contributed by atoms with E-state index >= 15 is 0 Å². The first-order chi connectivity index (χ1) is 9.52. The van der Waals surface area contributed by atoms with Crippen LogP contribution < -0.4 is 16.2 Å². The molecule has 20 heavy (non-hydrogen) atoms. The van der Waals surface area contributed by atoms with Crippen molar-refractivity contribution in [1.82, 2.24) is 4.98 Å². The molecule has 106 valence electrons. The lowest BCUT2D eigenvalue weighted by Gasteiger charge is -2.25. The number of nitro groups is 1. The summed E-state index contributed by atoms with van der Waals surface area (Å²) >= 11 is 1.63. The zero-order valence-corrected chi connectivity index (χ0v) is 11.9. The average Bonchev–Trinajstić information content (AvgIpc) is 2.99. The molecule has 0 aromatic carbocycles. The molecule has 0 radical (unpaired) electrons. The molecule has 0 aliphatic heterocycles. The Balaban J connectivity index is 2.36. The largest absolute Gasteiger partial charge is 0.352 e. The van der Waals surface area contributed by atoms with Gasteiger partial charge in [-0.15, -0.1) is 11.3 Å². The molecule has 2 aromatic rings. The number of nitrogens with zero attached hydrogens (tertiary/aromatic N) is 3. The van der Waals surface area contributed by atoms with Crippen molar-refractivity contribution >= 4 is 28.7 Å². The Morgan fingerprint density at radius 3 is 2.85 bits per heavy atom. The molecule has 8 heteroatoms. The van der Waals surface area contributed by atoms with E-state index < -0.39 is 4.92 Å². The summed E-state index contributed by atoms with van der Waals surface area (Å²) in [5.74, 6) is 6.06. The molecule has 0 aliphatic carbocycles. The van der Waals surface area contributed by atoms with Crippen LogP contribution in [0.25, 0.3) is 0 Å². The summed E-state index contributed by atoms with van der Waals surface area (Å²) in [5, 5.41) is 12.9. The van der Waals surface area contributed by atoms with E-state index in [2.05, 4.69) is 10.4 Å². The van der Waals surface area contributed by atoms with Crippen molar-refractivity contribution < 1.29 is 4.92 Å². The third-order valence-electron chi connectivity index (χ3n) is 3.05. The Kier molecular flexibility index (Phi) is 4.16. The molecular formula is C12H15N5O2S. The third kappa shape index (κ3) is 2.86. The van der Waals surface area contributed by atoms with E-state index in [9.17, 15) is 10.1 Å². The molecule has 2 heterocycles. The van der Waals surface area contributed by atoms with Crippen LogP contribution in [0.4, 0.5) is 17.3 Å². The van der Waals surface area contributed by atoms with Crippen LogP contribution in [-0.4, -0.2) is 17.0 Å². The minimum absolute atomic E-state index is 0.0480. The van der Waals surface area contributed by atoms with Crippen molar-refractivity contribution in [1.29, 1.82) is 0 Å². The van der Waals surface area contributed by atoms with Gasteiger partial charge in [-0.1, -0.05) is 6.07 Å². The maximum absolute atomic E-state index is 10.9. The summed E-state index contributed by atoms with van der Waals surface area (Å²) in [7, 11) is 1.84. The van der Waals surface area contributed by atoms with Crippen LogP contribution in [0.5, 0.6) is 0 Å². The number of nitrogen functional groups attached to an aromatic ring is 1. The van der Waals surface area contributed by atoms with E-state index in [1.165, 1.54) is 12.1 Å². The highest BCUT2D eigenvalue weighted by Crippen LogP contribution is 2.30. The number of pyridine rings is 1. The van der Waals surface area contributed by atoms with E-state index in [4.69, 9.17) is 5.84 Å². The number of nitrogens with one attached hydrogen (secondary N) is 1. The molecule has 7 nitrogen and oxygen atoms in total. The standard InChI is InChI=1S/C12H15N5O2S/c1-8(10-4-3-5-20-10)16(2)12-7-9(17(18)19)6-11(14-12)15-13/h3-8H,13H2,1-2H3,(H,14,15). The van der Waals surface area contributed by atoms with Gasteiger partial charge in [0.2, 0.25) is 0 Å². The predicted molar refractivity (Wildman–Crippen MR) is 79.8 cm³/mol. The lowest BCUT2D eigenvalue weighted by Crippen LogP contribution is -2.22. The van der Waals surface area contributed by atoms with Gasteiger partial charge in [0.15, 0.2) is 0 Å². The highest BCUT2D eigenvalue weighted by Gasteiger charge is 2.18. The van der Waals surface area contributed by atoms with Gasteiger partial charge in [-0.25, -0.2) is 10.8 Å². The molecule has 0 bridgehead atoms. The quantitative estimate of drug-likeness (QED) is 0.499. The van der Waals surface area contributed by atoms with Gasteiger partial charge in [-0.3, -0.25) is 10.1 Å². The van der Waals surface area contributed by atoms with Gasteiger partial charge in [-0.05, 0) is 18.4 Å². The van der Waals surface area contributed by atoms with Gasteiger partial charge >= 0.3 is 0 Å².